The van der Waals surface area contributed by atoms with Crippen LogP contribution in [0.15, 0.2) is 42.5 Å². The number of rotatable bonds is 6. The zero-order chi connectivity index (χ0) is 33.5. The molecule has 12 heteroatoms. The Hall–Kier alpha value is -3.57. The minimum absolute atomic E-state index is 0.0334. The van der Waals surface area contributed by atoms with Crippen LogP contribution in [0.1, 0.15) is 52.5 Å². The van der Waals surface area contributed by atoms with E-state index in [1.54, 1.807) is 37.4 Å². The lowest BCUT2D eigenvalue weighted by Gasteiger charge is -2.63. The number of carboxylic acids is 1. The lowest BCUT2D eigenvalue weighted by Crippen LogP contribution is -2.69. The van der Waals surface area contributed by atoms with E-state index in [4.69, 9.17) is 37.4 Å². The van der Waals surface area contributed by atoms with E-state index in [1.165, 1.54) is 4.90 Å². The number of amides is 1. The van der Waals surface area contributed by atoms with Gasteiger partial charge in [0, 0.05) is 48.0 Å². The van der Waals surface area contributed by atoms with Gasteiger partial charge in [-0.1, -0.05) is 48.3 Å². The van der Waals surface area contributed by atoms with E-state index < -0.39 is 11.8 Å². The number of hydrogen-bond acceptors (Lipinski definition) is 7. The Kier molecular flexibility index (Phi) is 7.78. The van der Waals surface area contributed by atoms with Gasteiger partial charge in [0.25, 0.3) is 5.91 Å². The first-order chi connectivity index (χ1) is 23.1. The maximum absolute atomic E-state index is 15.7. The lowest BCUT2D eigenvalue weighted by molar-refractivity contribution is -0.132. The van der Waals surface area contributed by atoms with Crippen molar-refractivity contribution >= 4 is 46.5 Å². The molecule has 5 aliphatic rings. The molecule has 4 fully saturated rings. The average Bonchev–Trinajstić information content (AvgIpc) is 3.29. The van der Waals surface area contributed by atoms with Crippen LogP contribution in [0.5, 0.6) is 5.75 Å². The molecular formula is C36H36Cl2FN3O6. The number of ether oxygens (including phenoxy) is 3. The van der Waals surface area contributed by atoms with E-state index in [0.717, 1.165) is 44.1 Å². The van der Waals surface area contributed by atoms with Crippen LogP contribution in [0.4, 0.5) is 15.8 Å². The molecule has 4 aliphatic heterocycles. The zero-order valence-corrected chi connectivity index (χ0v) is 28.2. The van der Waals surface area contributed by atoms with Crippen LogP contribution in [-0.2, 0) is 16.0 Å². The number of methoxy groups -OCH3 is 1. The molecule has 1 aliphatic carbocycles. The highest BCUT2D eigenvalue weighted by Crippen LogP contribution is 2.55. The summed E-state index contributed by atoms with van der Waals surface area (Å²) < 4.78 is 33.1. The summed E-state index contributed by atoms with van der Waals surface area (Å²) in [6.07, 6.45) is 3.10. The fraction of sp³-hybridized carbons (Fsp3) is 0.444. The van der Waals surface area contributed by atoms with Gasteiger partial charge in [0.15, 0.2) is 6.73 Å². The quantitative estimate of drug-likeness (QED) is 0.304. The predicted molar refractivity (Wildman–Crippen MR) is 180 cm³/mol. The van der Waals surface area contributed by atoms with Crippen LogP contribution in [0, 0.1) is 17.2 Å². The van der Waals surface area contributed by atoms with Gasteiger partial charge in [-0.05, 0) is 49.4 Å². The summed E-state index contributed by atoms with van der Waals surface area (Å²) in [6.45, 7) is 5.11. The van der Waals surface area contributed by atoms with Crippen LogP contribution in [0.3, 0.4) is 0 Å². The number of carbonyl (C=O) groups is 2. The Morgan fingerprint density at radius 2 is 1.75 bits per heavy atom. The number of hydrogen-bond donors (Lipinski definition) is 1. The standard InChI is InChI=1S/C36H36Cl2FN3O6/c1-19-31(46-2)12-36(19)16-41(17-36)23-8-27(37)32(28(38)9-23)34(43)40-13-20-4-3-5-24(33(20)48-18-40)25-11-30(26(35(44)45)10-29(25)39)42-21-6-7-22(42)15-47-14-21/h3-5,8-11,19,21-22,31H,6-7,12-18H2,1-2H3,(H,44,45)/t19-,21?,22?,31-/m0/s1. The molecule has 2 bridgehead atoms. The number of morpholine rings is 1. The fourth-order valence-corrected chi connectivity index (χ4v) is 9.13. The molecule has 0 radical (unpaired) electrons. The summed E-state index contributed by atoms with van der Waals surface area (Å²) in [6, 6.07) is 11.7. The second kappa shape index (κ2) is 11.8. The second-order valence-corrected chi connectivity index (χ2v) is 14.6. The molecule has 1 N–H and O–H groups in total. The summed E-state index contributed by atoms with van der Waals surface area (Å²) in [5, 5.41) is 10.5. The van der Waals surface area contributed by atoms with Crippen molar-refractivity contribution in [1.29, 1.82) is 0 Å². The van der Waals surface area contributed by atoms with E-state index in [-0.39, 0.29) is 63.4 Å². The van der Waals surface area contributed by atoms with Crippen molar-refractivity contribution in [1.82, 2.24) is 4.90 Å². The first kappa shape index (κ1) is 31.7. The molecule has 4 atom stereocenters. The highest BCUT2D eigenvalue weighted by Gasteiger charge is 2.58. The minimum atomic E-state index is -1.19. The van der Waals surface area contributed by atoms with Crippen molar-refractivity contribution in [3.63, 3.8) is 0 Å². The molecule has 252 valence electrons. The van der Waals surface area contributed by atoms with Gasteiger partial charge in [0.05, 0.1) is 64.8 Å². The van der Waals surface area contributed by atoms with E-state index in [1.807, 2.05) is 6.07 Å². The smallest absolute Gasteiger partial charge is 0.337 e. The number of nitrogens with zero attached hydrogens (tertiary/aromatic N) is 3. The Balaban J connectivity index is 1.04. The normalized spacial score (nSPS) is 25.3. The van der Waals surface area contributed by atoms with Gasteiger partial charge in [-0.15, -0.1) is 0 Å². The predicted octanol–water partition coefficient (Wildman–Crippen LogP) is 6.72. The van der Waals surface area contributed by atoms with Gasteiger partial charge in [0.2, 0.25) is 0 Å². The second-order valence-electron chi connectivity index (χ2n) is 13.8. The van der Waals surface area contributed by atoms with Crippen LogP contribution >= 0.6 is 23.2 Å². The van der Waals surface area contributed by atoms with E-state index in [2.05, 4.69) is 16.7 Å². The number of fused-ring (bicyclic) bond motifs is 3. The molecular weight excluding hydrogens is 660 g/mol. The summed E-state index contributed by atoms with van der Waals surface area (Å²) in [7, 11) is 1.76. The number of benzene rings is 3. The van der Waals surface area contributed by atoms with Crippen molar-refractivity contribution in [2.24, 2.45) is 11.3 Å². The van der Waals surface area contributed by atoms with E-state index in [0.29, 0.717) is 47.8 Å². The van der Waals surface area contributed by atoms with Crippen molar-refractivity contribution in [2.45, 2.75) is 50.9 Å². The topological polar surface area (TPSA) is 91.8 Å². The van der Waals surface area contributed by atoms with Gasteiger partial charge in [-0.3, -0.25) is 4.79 Å². The van der Waals surface area contributed by atoms with Crippen molar-refractivity contribution in [3.8, 4) is 16.9 Å². The average molecular weight is 697 g/mol. The number of halogens is 3. The minimum Gasteiger partial charge on any atom is -0.478 e. The highest BCUT2D eigenvalue weighted by molar-refractivity contribution is 6.40. The fourth-order valence-electron chi connectivity index (χ4n) is 8.49. The lowest BCUT2D eigenvalue weighted by atomic mass is 9.54. The maximum Gasteiger partial charge on any atom is 0.337 e. The molecule has 3 aromatic carbocycles. The van der Waals surface area contributed by atoms with Gasteiger partial charge in [-0.2, -0.15) is 0 Å². The van der Waals surface area contributed by atoms with E-state index in [9.17, 15) is 14.7 Å². The Morgan fingerprint density at radius 1 is 1.04 bits per heavy atom. The molecule has 4 heterocycles. The number of carboxylic acid groups (broad SMARTS) is 1. The number of aromatic carboxylic acids is 1. The summed E-state index contributed by atoms with van der Waals surface area (Å²) in [4.78, 5) is 31.9. The summed E-state index contributed by atoms with van der Waals surface area (Å²) >= 11 is 13.4. The molecule has 48 heavy (non-hydrogen) atoms. The molecule has 3 aromatic rings. The summed E-state index contributed by atoms with van der Waals surface area (Å²) in [5.74, 6) is -1.29. The Bertz CT molecular complexity index is 1790. The molecule has 8 rings (SSSR count). The first-order valence-electron chi connectivity index (χ1n) is 16.3. The molecule has 1 spiro atoms. The van der Waals surface area contributed by atoms with Crippen molar-refractivity contribution < 1.29 is 33.3 Å². The molecule has 2 unspecified atom stereocenters. The zero-order valence-electron chi connectivity index (χ0n) is 26.7. The first-order valence-corrected chi connectivity index (χ1v) is 17.1. The van der Waals surface area contributed by atoms with Crippen molar-refractivity contribution in [3.05, 3.63) is 75.0 Å². The number of carbonyl (C=O) groups excluding carboxylic acids is 1. The Morgan fingerprint density at radius 3 is 2.40 bits per heavy atom. The van der Waals surface area contributed by atoms with Crippen LogP contribution in [-0.4, -0.2) is 80.2 Å². The van der Waals surface area contributed by atoms with Gasteiger partial charge in [0.1, 0.15) is 11.6 Å². The van der Waals surface area contributed by atoms with Crippen LogP contribution in [0.2, 0.25) is 10.0 Å². The molecule has 0 aromatic heterocycles. The monoisotopic (exact) mass is 695 g/mol. The van der Waals surface area contributed by atoms with Crippen molar-refractivity contribution in [2.75, 3.05) is 49.9 Å². The maximum atomic E-state index is 15.7. The molecule has 9 nitrogen and oxygen atoms in total. The summed E-state index contributed by atoms with van der Waals surface area (Å²) in [5.41, 5.74) is 3.13. The highest BCUT2D eigenvalue weighted by atomic mass is 35.5. The van der Waals surface area contributed by atoms with Gasteiger partial charge >= 0.3 is 5.97 Å². The number of anilines is 2. The third kappa shape index (κ3) is 4.94. The van der Waals surface area contributed by atoms with Gasteiger partial charge < -0.3 is 34.0 Å². The third-order valence-corrected chi connectivity index (χ3v) is 11.9. The molecule has 1 saturated carbocycles. The number of para-hydroxylation sites is 1. The molecule has 1 amide bonds. The van der Waals surface area contributed by atoms with Gasteiger partial charge in [-0.25, -0.2) is 9.18 Å². The third-order valence-electron chi connectivity index (χ3n) is 11.3. The molecule has 3 saturated heterocycles. The largest absolute Gasteiger partial charge is 0.478 e. The van der Waals surface area contributed by atoms with E-state index >= 15 is 4.39 Å². The van der Waals surface area contributed by atoms with Crippen LogP contribution in [0.25, 0.3) is 11.1 Å². The van der Waals surface area contributed by atoms with Crippen LogP contribution < -0.4 is 14.5 Å². The Labute approximate surface area is 288 Å². The SMILES string of the molecule is CO[C@H]1CC2(CN(c3cc(Cl)c(C(=O)N4COc5c(cccc5-c5cc(N6C7CCC6COC7)c(C(=O)O)cc5F)C4)c(Cl)c3)C2)[C@H]1C.